The zero-order valence-electron chi connectivity index (χ0n) is 11.9. The smallest absolute Gasteiger partial charge is 0.341 e. The first-order chi connectivity index (χ1) is 11.2. The van der Waals surface area contributed by atoms with Crippen LogP contribution in [0.25, 0.3) is 0 Å². The SMILES string of the molecule is O=C1C=C(Nc2ccc(S(=O)(=O)C(F)F)cc2Br)C(=O)N1CCO. The summed E-state index contributed by atoms with van der Waals surface area (Å²) in [6.45, 7) is -0.547. The molecule has 0 unspecified atom stereocenters. The van der Waals surface area contributed by atoms with E-state index in [0.29, 0.717) is 0 Å². The first-order valence-electron chi connectivity index (χ1n) is 6.45. The van der Waals surface area contributed by atoms with Gasteiger partial charge in [0.05, 0.1) is 23.7 Å². The lowest BCUT2D eigenvalue weighted by atomic mass is 10.3. The normalized spacial score (nSPS) is 15.2. The van der Waals surface area contributed by atoms with Crippen molar-refractivity contribution < 1.29 is 31.9 Å². The summed E-state index contributed by atoms with van der Waals surface area (Å²) in [6.07, 6.45) is 1.02. The van der Waals surface area contributed by atoms with Crippen LogP contribution in [0.4, 0.5) is 14.5 Å². The van der Waals surface area contributed by atoms with Crippen LogP contribution in [0.3, 0.4) is 0 Å². The van der Waals surface area contributed by atoms with Crippen molar-refractivity contribution in [3.63, 3.8) is 0 Å². The van der Waals surface area contributed by atoms with E-state index in [1.807, 2.05) is 0 Å². The summed E-state index contributed by atoms with van der Waals surface area (Å²) < 4.78 is 48.0. The molecular weight excluding hydrogens is 414 g/mol. The van der Waals surface area contributed by atoms with E-state index in [1.165, 1.54) is 6.07 Å². The van der Waals surface area contributed by atoms with Crippen molar-refractivity contribution in [1.29, 1.82) is 0 Å². The third-order valence-corrected chi connectivity index (χ3v) is 5.14. The molecule has 7 nitrogen and oxygen atoms in total. The van der Waals surface area contributed by atoms with E-state index in [-0.39, 0.29) is 29.0 Å². The molecule has 0 aliphatic carbocycles. The van der Waals surface area contributed by atoms with Gasteiger partial charge in [0.2, 0.25) is 9.84 Å². The number of hydrogen-bond donors (Lipinski definition) is 2. The minimum absolute atomic E-state index is 0.0846. The minimum Gasteiger partial charge on any atom is -0.395 e. The van der Waals surface area contributed by atoms with Crippen LogP contribution in [0.2, 0.25) is 0 Å². The Kier molecular flexibility index (Phi) is 5.35. The number of benzene rings is 1. The summed E-state index contributed by atoms with van der Waals surface area (Å²) >= 11 is 3.03. The van der Waals surface area contributed by atoms with Crippen LogP contribution in [-0.4, -0.2) is 49.1 Å². The monoisotopic (exact) mass is 424 g/mol. The van der Waals surface area contributed by atoms with Gasteiger partial charge in [0.15, 0.2) is 0 Å². The van der Waals surface area contributed by atoms with E-state index in [2.05, 4.69) is 21.2 Å². The molecule has 0 atom stereocenters. The number of carbonyl (C=O) groups excluding carboxylic acids is 2. The molecule has 0 radical (unpaired) electrons. The van der Waals surface area contributed by atoms with Crippen molar-refractivity contribution in [2.24, 2.45) is 0 Å². The van der Waals surface area contributed by atoms with Crippen molar-refractivity contribution in [3.05, 3.63) is 34.4 Å². The lowest BCUT2D eigenvalue weighted by Gasteiger charge is -2.14. The largest absolute Gasteiger partial charge is 0.395 e. The van der Waals surface area contributed by atoms with Gasteiger partial charge in [0.1, 0.15) is 5.70 Å². The van der Waals surface area contributed by atoms with Gasteiger partial charge in [-0.15, -0.1) is 0 Å². The van der Waals surface area contributed by atoms with Crippen LogP contribution < -0.4 is 5.32 Å². The zero-order chi connectivity index (χ0) is 18.1. The summed E-state index contributed by atoms with van der Waals surface area (Å²) in [5.41, 5.74) is 0.125. The van der Waals surface area contributed by atoms with Crippen molar-refractivity contribution in [3.8, 4) is 0 Å². The first-order valence-corrected chi connectivity index (χ1v) is 8.79. The van der Waals surface area contributed by atoms with Crippen LogP contribution in [0.5, 0.6) is 0 Å². The van der Waals surface area contributed by atoms with Crippen LogP contribution in [0.15, 0.2) is 39.3 Å². The second-order valence-corrected chi connectivity index (χ2v) is 7.42. The van der Waals surface area contributed by atoms with Crippen molar-refractivity contribution >= 4 is 43.3 Å². The van der Waals surface area contributed by atoms with Gasteiger partial charge in [-0.3, -0.25) is 14.5 Å². The standard InChI is InChI=1S/C13H11BrF2N2O5S/c14-8-5-7(24(22,23)13(15)16)1-2-9(8)17-10-6-11(20)18(3-4-19)12(10)21/h1-2,5-6,13,17,19H,3-4H2. The molecule has 130 valence electrons. The number of halogens is 3. The molecule has 0 fully saturated rings. The predicted octanol–water partition coefficient (Wildman–Crippen LogP) is 1.10. The summed E-state index contributed by atoms with van der Waals surface area (Å²) in [4.78, 5) is 23.9. The quantitative estimate of drug-likeness (QED) is 0.662. The van der Waals surface area contributed by atoms with Gasteiger partial charge >= 0.3 is 5.76 Å². The Labute approximate surface area is 144 Å². The molecule has 1 aromatic carbocycles. The molecule has 0 bridgehead atoms. The molecule has 1 aromatic rings. The highest BCUT2D eigenvalue weighted by Gasteiger charge is 2.31. The Morgan fingerprint density at radius 1 is 1.29 bits per heavy atom. The summed E-state index contributed by atoms with van der Waals surface area (Å²) in [5.74, 6) is -4.82. The fourth-order valence-corrected chi connectivity index (χ4v) is 3.31. The molecule has 2 amide bonds. The van der Waals surface area contributed by atoms with Gasteiger partial charge in [-0.05, 0) is 34.1 Å². The Morgan fingerprint density at radius 2 is 1.96 bits per heavy atom. The number of amides is 2. The number of aliphatic hydroxyl groups is 1. The fraction of sp³-hybridized carbons (Fsp3) is 0.231. The second kappa shape index (κ2) is 6.95. The molecule has 1 aliphatic rings. The number of β-amino-alcohol motifs (C(OH)–C–C–N with tert-alkyl or cyclic N) is 1. The third-order valence-electron chi connectivity index (χ3n) is 3.11. The average molecular weight is 425 g/mol. The van der Waals surface area contributed by atoms with E-state index < -0.39 is 32.3 Å². The summed E-state index contributed by atoms with van der Waals surface area (Å²) in [7, 11) is -4.74. The van der Waals surface area contributed by atoms with E-state index in [0.717, 1.165) is 23.1 Å². The van der Waals surface area contributed by atoms with E-state index in [1.54, 1.807) is 0 Å². The number of anilines is 1. The number of sulfone groups is 1. The molecule has 0 saturated carbocycles. The van der Waals surface area contributed by atoms with Crippen LogP contribution in [-0.2, 0) is 19.4 Å². The number of aliphatic hydroxyl groups excluding tert-OH is 1. The second-order valence-electron chi connectivity index (χ2n) is 4.65. The average Bonchev–Trinajstić information content (AvgIpc) is 2.77. The zero-order valence-corrected chi connectivity index (χ0v) is 14.3. The number of rotatable bonds is 6. The number of nitrogens with zero attached hydrogens (tertiary/aromatic N) is 1. The number of hydrogen-bond acceptors (Lipinski definition) is 6. The Hall–Kier alpha value is -1.85. The van der Waals surface area contributed by atoms with E-state index in [9.17, 15) is 26.8 Å². The van der Waals surface area contributed by atoms with Crippen LogP contribution in [0.1, 0.15) is 0 Å². The third kappa shape index (κ3) is 3.47. The Bertz CT molecular complexity index is 826. The van der Waals surface area contributed by atoms with Crippen LogP contribution >= 0.6 is 15.9 Å². The lowest BCUT2D eigenvalue weighted by molar-refractivity contribution is -0.137. The first kappa shape index (κ1) is 18.5. The van der Waals surface area contributed by atoms with Crippen molar-refractivity contribution in [1.82, 2.24) is 4.90 Å². The molecular formula is C13H11BrF2N2O5S. The van der Waals surface area contributed by atoms with Gasteiger partial charge in [-0.2, -0.15) is 8.78 Å². The lowest BCUT2D eigenvalue weighted by Crippen LogP contribution is -2.34. The highest BCUT2D eigenvalue weighted by Crippen LogP contribution is 2.29. The maximum atomic E-state index is 12.5. The summed E-state index contributed by atoms with van der Waals surface area (Å²) in [5, 5.41) is 11.4. The molecule has 0 spiro atoms. The Morgan fingerprint density at radius 3 is 2.50 bits per heavy atom. The van der Waals surface area contributed by atoms with Crippen molar-refractivity contribution in [2.75, 3.05) is 18.5 Å². The highest BCUT2D eigenvalue weighted by molar-refractivity contribution is 9.10. The number of imide groups is 1. The van der Waals surface area contributed by atoms with Gasteiger partial charge < -0.3 is 10.4 Å². The maximum absolute atomic E-state index is 12.5. The topological polar surface area (TPSA) is 104 Å². The predicted molar refractivity (Wildman–Crippen MR) is 82.8 cm³/mol. The number of carbonyl (C=O) groups is 2. The molecule has 1 aliphatic heterocycles. The Balaban J connectivity index is 2.25. The highest BCUT2D eigenvalue weighted by atomic mass is 79.9. The molecule has 0 saturated heterocycles. The molecule has 2 rings (SSSR count). The molecule has 11 heteroatoms. The number of nitrogens with one attached hydrogen (secondary N) is 1. The minimum atomic E-state index is -4.74. The molecule has 0 aromatic heterocycles. The number of alkyl halides is 2. The van der Waals surface area contributed by atoms with Gasteiger partial charge in [0.25, 0.3) is 11.8 Å². The van der Waals surface area contributed by atoms with Crippen molar-refractivity contribution in [2.45, 2.75) is 10.7 Å². The van der Waals surface area contributed by atoms with Gasteiger partial charge in [0, 0.05) is 10.5 Å². The van der Waals surface area contributed by atoms with Crippen LogP contribution in [0, 0.1) is 0 Å². The van der Waals surface area contributed by atoms with Gasteiger partial charge in [-0.25, -0.2) is 8.42 Å². The summed E-state index contributed by atoms with van der Waals surface area (Å²) in [6, 6.07) is 3.12. The molecule has 2 N–H and O–H groups in total. The maximum Gasteiger partial charge on any atom is 0.341 e. The molecule has 24 heavy (non-hydrogen) atoms. The fourth-order valence-electron chi connectivity index (χ4n) is 1.93. The van der Waals surface area contributed by atoms with Gasteiger partial charge in [-0.1, -0.05) is 0 Å². The van der Waals surface area contributed by atoms with E-state index >= 15 is 0 Å². The molecule has 1 heterocycles. The van der Waals surface area contributed by atoms with E-state index in [4.69, 9.17) is 5.11 Å².